The first-order valence-electron chi connectivity index (χ1n) is 3.03. The van der Waals surface area contributed by atoms with E-state index in [0.717, 1.165) is 6.42 Å². The lowest BCUT2D eigenvalue weighted by atomic mass is 10.1. The maximum Gasteiger partial charge on any atom is 0.155 e. The zero-order valence-corrected chi connectivity index (χ0v) is 5.29. The summed E-state index contributed by atoms with van der Waals surface area (Å²) in [6, 6.07) is 0. The molecular formula is C6H12O2. The smallest absolute Gasteiger partial charge is 0.155 e. The van der Waals surface area contributed by atoms with E-state index in [1.807, 2.05) is 6.92 Å². The summed E-state index contributed by atoms with van der Waals surface area (Å²) in [7, 11) is 0. The molecule has 1 rings (SSSR count). The molecule has 2 heteroatoms. The second-order valence-corrected chi connectivity index (χ2v) is 2.51. The van der Waals surface area contributed by atoms with Crippen molar-refractivity contribution in [1.82, 2.24) is 0 Å². The normalized spacial score (nSPS) is 47.6. The molecule has 0 spiro atoms. The molecule has 1 N–H and O–H groups in total. The molecule has 0 aromatic rings. The lowest BCUT2D eigenvalue weighted by molar-refractivity contribution is -0.0863. The summed E-state index contributed by atoms with van der Waals surface area (Å²) < 4.78 is 5.03. The summed E-state index contributed by atoms with van der Waals surface area (Å²) in [6.45, 7) is 4.07. The molecule has 1 saturated heterocycles. The monoisotopic (exact) mass is 116 g/mol. The third-order valence-electron chi connectivity index (χ3n) is 1.75. The molecule has 0 radical (unpaired) electrons. The van der Waals surface area contributed by atoms with Crippen LogP contribution in [0.5, 0.6) is 0 Å². The lowest BCUT2D eigenvalue weighted by Crippen LogP contribution is -2.07. The summed E-state index contributed by atoms with van der Waals surface area (Å²) >= 11 is 0. The van der Waals surface area contributed by atoms with Gasteiger partial charge in [-0.25, -0.2) is 0 Å². The molecule has 0 bridgehead atoms. The number of rotatable bonds is 0. The molecule has 2 nitrogen and oxygen atoms in total. The largest absolute Gasteiger partial charge is 0.368 e. The zero-order chi connectivity index (χ0) is 6.15. The van der Waals surface area contributed by atoms with Crippen LogP contribution < -0.4 is 0 Å². The van der Waals surface area contributed by atoms with Crippen molar-refractivity contribution in [1.29, 1.82) is 0 Å². The minimum atomic E-state index is -0.500. The highest BCUT2D eigenvalue weighted by Gasteiger charge is 2.26. The fourth-order valence-corrected chi connectivity index (χ4v) is 0.947. The maximum absolute atomic E-state index is 8.85. The van der Waals surface area contributed by atoms with Gasteiger partial charge < -0.3 is 9.84 Å². The van der Waals surface area contributed by atoms with Crippen molar-refractivity contribution in [3.63, 3.8) is 0 Å². The molecule has 8 heavy (non-hydrogen) atoms. The van der Waals surface area contributed by atoms with Gasteiger partial charge in [-0.15, -0.1) is 0 Å². The van der Waals surface area contributed by atoms with Crippen LogP contribution in [-0.2, 0) is 4.74 Å². The van der Waals surface area contributed by atoms with Crippen LogP contribution in [0.1, 0.15) is 20.3 Å². The highest BCUT2D eigenvalue weighted by molar-refractivity contribution is 4.69. The second kappa shape index (κ2) is 2.03. The van der Waals surface area contributed by atoms with Crippen LogP contribution in [0.25, 0.3) is 0 Å². The Bertz CT molecular complexity index is 72.6. The molecule has 0 amide bonds. The van der Waals surface area contributed by atoms with Crippen LogP contribution in [0.4, 0.5) is 0 Å². The van der Waals surface area contributed by atoms with Crippen LogP contribution in [0.2, 0.25) is 0 Å². The number of ether oxygens (including phenoxy) is 1. The van der Waals surface area contributed by atoms with E-state index in [0.29, 0.717) is 5.92 Å². The molecule has 1 aliphatic rings. The molecule has 1 heterocycles. The molecule has 0 aromatic heterocycles. The Morgan fingerprint density at radius 1 is 1.50 bits per heavy atom. The Balaban J connectivity index is 2.39. The summed E-state index contributed by atoms with van der Waals surface area (Å²) in [5, 5.41) is 8.85. The third kappa shape index (κ3) is 1.01. The van der Waals surface area contributed by atoms with E-state index >= 15 is 0 Å². The average Bonchev–Trinajstić information content (AvgIpc) is 1.85. The Hall–Kier alpha value is -0.0800. The third-order valence-corrected chi connectivity index (χ3v) is 1.75. The summed E-state index contributed by atoms with van der Waals surface area (Å²) in [6.07, 6.45) is 0.534. The van der Waals surface area contributed by atoms with Crippen LogP contribution in [0, 0.1) is 5.92 Å². The van der Waals surface area contributed by atoms with Gasteiger partial charge in [0.2, 0.25) is 0 Å². The highest BCUT2D eigenvalue weighted by Crippen LogP contribution is 2.23. The number of aliphatic hydroxyl groups excluding tert-OH is 1. The maximum atomic E-state index is 8.85. The fourth-order valence-electron chi connectivity index (χ4n) is 0.947. The van der Waals surface area contributed by atoms with Gasteiger partial charge in [0.05, 0.1) is 6.10 Å². The van der Waals surface area contributed by atoms with Gasteiger partial charge in [0, 0.05) is 6.42 Å². The first-order valence-corrected chi connectivity index (χ1v) is 3.03. The highest BCUT2D eigenvalue weighted by atomic mass is 16.6. The molecule has 3 atom stereocenters. The molecule has 0 saturated carbocycles. The second-order valence-electron chi connectivity index (χ2n) is 2.51. The molecule has 48 valence electrons. The number of hydrogen-bond donors (Lipinski definition) is 1. The van der Waals surface area contributed by atoms with Crippen molar-refractivity contribution in [2.45, 2.75) is 32.7 Å². The van der Waals surface area contributed by atoms with E-state index in [4.69, 9.17) is 9.84 Å². The van der Waals surface area contributed by atoms with E-state index in [1.54, 1.807) is 0 Å². The van der Waals surface area contributed by atoms with Gasteiger partial charge in [-0.1, -0.05) is 6.92 Å². The summed E-state index contributed by atoms with van der Waals surface area (Å²) in [5.74, 6) is 0.519. The van der Waals surface area contributed by atoms with Crippen LogP contribution in [-0.4, -0.2) is 17.5 Å². The molecule has 0 unspecified atom stereocenters. The van der Waals surface area contributed by atoms with Crippen LogP contribution >= 0.6 is 0 Å². The van der Waals surface area contributed by atoms with Gasteiger partial charge in [-0.2, -0.15) is 0 Å². The van der Waals surface area contributed by atoms with Crippen molar-refractivity contribution in [3.05, 3.63) is 0 Å². The average molecular weight is 116 g/mol. The van der Waals surface area contributed by atoms with E-state index in [9.17, 15) is 0 Å². The summed E-state index contributed by atoms with van der Waals surface area (Å²) in [4.78, 5) is 0. The number of aliphatic hydroxyl groups is 1. The van der Waals surface area contributed by atoms with Crippen molar-refractivity contribution in [2.75, 3.05) is 0 Å². The van der Waals surface area contributed by atoms with Gasteiger partial charge in [0.25, 0.3) is 0 Å². The minimum Gasteiger partial charge on any atom is -0.368 e. The standard InChI is InChI=1S/C6H12O2/c1-4-3-6(7)8-5(4)2/h4-7H,3H2,1-2H3/t4-,5+,6-/m1/s1. The SMILES string of the molecule is C[C@@H]1C[C@H](O)O[C@H]1C. The van der Waals surface area contributed by atoms with Crippen molar-refractivity contribution in [3.8, 4) is 0 Å². The lowest BCUT2D eigenvalue weighted by Gasteiger charge is -2.04. The first kappa shape index (κ1) is 6.05. The van der Waals surface area contributed by atoms with Crippen LogP contribution in [0.3, 0.4) is 0 Å². The van der Waals surface area contributed by atoms with E-state index in [2.05, 4.69) is 6.92 Å². The van der Waals surface area contributed by atoms with Gasteiger partial charge in [0.1, 0.15) is 0 Å². The van der Waals surface area contributed by atoms with Crippen LogP contribution in [0.15, 0.2) is 0 Å². The molecular weight excluding hydrogens is 104 g/mol. The topological polar surface area (TPSA) is 29.5 Å². The Morgan fingerprint density at radius 3 is 2.25 bits per heavy atom. The summed E-state index contributed by atoms with van der Waals surface area (Å²) in [5.41, 5.74) is 0. The predicted molar refractivity (Wildman–Crippen MR) is 30.3 cm³/mol. The molecule has 0 aromatic carbocycles. The van der Waals surface area contributed by atoms with Gasteiger partial charge in [-0.3, -0.25) is 0 Å². The van der Waals surface area contributed by atoms with Gasteiger partial charge in [-0.05, 0) is 12.8 Å². The van der Waals surface area contributed by atoms with Crippen molar-refractivity contribution >= 4 is 0 Å². The Morgan fingerprint density at radius 2 is 2.12 bits per heavy atom. The first-order chi connectivity index (χ1) is 3.70. The zero-order valence-electron chi connectivity index (χ0n) is 5.29. The Labute approximate surface area is 49.5 Å². The van der Waals surface area contributed by atoms with Gasteiger partial charge in [0.15, 0.2) is 6.29 Å². The number of hydrogen-bond acceptors (Lipinski definition) is 2. The predicted octanol–water partition coefficient (Wildman–Crippen LogP) is 0.750. The van der Waals surface area contributed by atoms with Crippen molar-refractivity contribution < 1.29 is 9.84 Å². The Kier molecular flexibility index (Phi) is 1.54. The fraction of sp³-hybridized carbons (Fsp3) is 1.00. The molecule has 1 fully saturated rings. The minimum absolute atomic E-state index is 0.241. The molecule has 1 aliphatic heterocycles. The van der Waals surface area contributed by atoms with E-state index in [-0.39, 0.29) is 6.10 Å². The molecule has 0 aliphatic carbocycles. The van der Waals surface area contributed by atoms with Gasteiger partial charge >= 0.3 is 0 Å². The van der Waals surface area contributed by atoms with E-state index < -0.39 is 6.29 Å². The quantitative estimate of drug-likeness (QED) is 0.506. The van der Waals surface area contributed by atoms with E-state index in [1.165, 1.54) is 0 Å². The van der Waals surface area contributed by atoms with Crippen molar-refractivity contribution in [2.24, 2.45) is 5.92 Å².